The summed E-state index contributed by atoms with van der Waals surface area (Å²) < 4.78 is 8.81. The first kappa shape index (κ1) is 19.6. The van der Waals surface area contributed by atoms with Crippen LogP contribution in [0.25, 0.3) is 0 Å². The lowest BCUT2D eigenvalue weighted by atomic mass is 10.0. The Kier molecular flexibility index (Phi) is 5.94. The van der Waals surface area contributed by atoms with Crippen molar-refractivity contribution in [1.29, 1.82) is 0 Å². The van der Waals surface area contributed by atoms with Gasteiger partial charge in [-0.3, -0.25) is 14.5 Å². The molecule has 0 aromatic carbocycles. The maximum atomic E-state index is 12.6. The van der Waals surface area contributed by atoms with Crippen molar-refractivity contribution >= 4 is 5.91 Å². The van der Waals surface area contributed by atoms with E-state index in [1.54, 1.807) is 22.9 Å². The van der Waals surface area contributed by atoms with Crippen LogP contribution in [0.1, 0.15) is 41.9 Å². The van der Waals surface area contributed by atoms with Gasteiger partial charge in [-0.05, 0) is 32.4 Å². The zero-order valence-corrected chi connectivity index (χ0v) is 16.8. The highest BCUT2D eigenvalue weighted by Gasteiger charge is 2.24. The molecule has 2 aliphatic heterocycles. The summed E-state index contributed by atoms with van der Waals surface area (Å²) in [5.74, 6) is 0.495. The number of hydrogen-bond acceptors (Lipinski definition) is 6. The van der Waals surface area contributed by atoms with Gasteiger partial charge in [0.2, 0.25) is 5.88 Å². The van der Waals surface area contributed by atoms with Gasteiger partial charge in [0.25, 0.3) is 11.5 Å². The molecule has 4 rings (SSSR count). The monoisotopic (exact) mass is 400 g/mol. The third-order valence-corrected chi connectivity index (χ3v) is 5.59. The minimum atomic E-state index is -0.169. The summed E-state index contributed by atoms with van der Waals surface area (Å²) >= 11 is 0. The lowest BCUT2D eigenvalue weighted by Gasteiger charge is -2.35. The summed E-state index contributed by atoms with van der Waals surface area (Å²) in [6.07, 6.45) is 4.21. The van der Waals surface area contributed by atoms with Gasteiger partial charge in [-0.2, -0.15) is 10.2 Å². The normalized spacial score (nSPS) is 19.4. The molecular weight excluding hydrogens is 372 g/mol. The first-order chi connectivity index (χ1) is 14.1. The molecule has 9 nitrogen and oxygen atoms in total. The maximum Gasteiger partial charge on any atom is 0.271 e. The minimum Gasteiger partial charge on any atom is -0.478 e. The Morgan fingerprint density at radius 2 is 2.10 bits per heavy atom. The number of fused-ring (bicyclic) bond motifs is 1. The molecule has 1 fully saturated rings. The second-order valence-corrected chi connectivity index (χ2v) is 7.72. The van der Waals surface area contributed by atoms with Gasteiger partial charge in [0.05, 0.1) is 18.8 Å². The Balaban J connectivity index is 1.34. The average molecular weight is 400 g/mol. The predicted molar refractivity (Wildman–Crippen MR) is 107 cm³/mol. The molecule has 2 aromatic heterocycles. The van der Waals surface area contributed by atoms with Crippen LogP contribution >= 0.6 is 0 Å². The molecular formula is C20H28N6O3. The quantitative estimate of drug-likeness (QED) is 0.771. The molecule has 1 atom stereocenters. The molecule has 29 heavy (non-hydrogen) atoms. The Bertz CT molecular complexity index is 898. The second kappa shape index (κ2) is 8.77. The first-order valence-corrected chi connectivity index (χ1v) is 10.4. The molecule has 9 heteroatoms. The van der Waals surface area contributed by atoms with Gasteiger partial charge in [-0.25, -0.2) is 9.36 Å². The van der Waals surface area contributed by atoms with Crippen molar-refractivity contribution in [3.8, 4) is 5.88 Å². The molecule has 0 bridgehead atoms. The topological polar surface area (TPSA) is 94.3 Å². The summed E-state index contributed by atoms with van der Waals surface area (Å²) in [5, 5.41) is 11.7. The molecule has 156 valence electrons. The number of likely N-dealkylation sites (tertiary alicyclic amines) is 1. The Labute approximate surface area is 169 Å². The average Bonchev–Trinajstić information content (AvgIpc) is 3.17. The van der Waals surface area contributed by atoms with E-state index in [1.165, 1.54) is 4.68 Å². The summed E-state index contributed by atoms with van der Waals surface area (Å²) in [6, 6.07) is 5.26. The van der Waals surface area contributed by atoms with Crippen molar-refractivity contribution in [3.63, 3.8) is 0 Å². The van der Waals surface area contributed by atoms with Crippen LogP contribution in [0.3, 0.4) is 0 Å². The van der Waals surface area contributed by atoms with E-state index < -0.39 is 0 Å². The van der Waals surface area contributed by atoms with Crippen LogP contribution in [0.4, 0.5) is 0 Å². The van der Waals surface area contributed by atoms with Gasteiger partial charge in [0.15, 0.2) is 5.69 Å². The fraction of sp³-hybridized carbons (Fsp3) is 0.600. The van der Waals surface area contributed by atoms with Crippen LogP contribution < -0.4 is 15.6 Å². The molecule has 1 amide bonds. The predicted octanol–water partition coefficient (Wildman–Crippen LogP) is 0.815. The zero-order valence-electron chi connectivity index (χ0n) is 16.8. The maximum absolute atomic E-state index is 12.6. The van der Waals surface area contributed by atoms with Crippen LogP contribution in [-0.2, 0) is 13.1 Å². The Hall–Kier alpha value is -2.68. The Morgan fingerprint density at radius 3 is 2.97 bits per heavy atom. The van der Waals surface area contributed by atoms with Gasteiger partial charge in [0, 0.05) is 44.2 Å². The third kappa shape index (κ3) is 4.67. The summed E-state index contributed by atoms with van der Waals surface area (Å²) in [6.45, 7) is 6.16. The number of carbonyl (C=O) groups is 1. The van der Waals surface area contributed by atoms with Crippen molar-refractivity contribution < 1.29 is 9.53 Å². The highest BCUT2D eigenvalue weighted by Crippen LogP contribution is 2.19. The van der Waals surface area contributed by atoms with E-state index >= 15 is 0 Å². The zero-order chi connectivity index (χ0) is 20.2. The number of aromatic nitrogens is 4. The summed E-state index contributed by atoms with van der Waals surface area (Å²) in [7, 11) is 0. The standard InChI is InChI=1S/C20H28N6O3/c1-15-6-7-18(27)25(22-15)11-10-24-8-3-2-5-16(24)14-21-20(28)17-13-19-26(23-17)9-4-12-29-19/h6-7,13,16H,2-5,8-12,14H2,1H3,(H,21,28). The number of rotatable bonds is 6. The van der Waals surface area contributed by atoms with Crippen molar-refractivity contribution in [2.24, 2.45) is 0 Å². The first-order valence-electron chi connectivity index (χ1n) is 10.4. The van der Waals surface area contributed by atoms with E-state index in [0.717, 1.165) is 51.0 Å². The van der Waals surface area contributed by atoms with Gasteiger partial charge >= 0.3 is 0 Å². The number of aryl methyl sites for hydroxylation is 2. The molecule has 0 aliphatic carbocycles. The molecule has 0 saturated carbocycles. The van der Waals surface area contributed by atoms with Crippen LogP contribution in [0.5, 0.6) is 5.88 Å². The van der Waals surface area contributed by atoms with Crippen molar-refractivity contribution in [2.75, 3.05) is 26.2 Å². The third-order valence-electron chi connectivity index (χ3n) is 5.59. The van der Waals surface area contributed by atoms with E-state index in [1.807, 2.05) is 6.92 Å². The van der Waals surface area contributed by atoms with Gasteiger partial charge in [-0.1, -0.05) is 6.42 Å². The number of ether oxygens (including phenoxy) is 1. The molecule has 2 aliphatic rings. The van der Waals surface area contributed by atoms with Crippen LogP contribution in [-0.4, -0.2) is 62.7 Å². The van der Waals surface area contributed by atoms with Crippen LogP contribution in [0, 0.1) is 6.92 Å². The molecule has 0 radical (unpaired) electrons. The SMILES string of the molecule is Cc1ccc(=O)n(CCN2CCCCC2CNC(=O)c2cc3n(n2)CCCO3)n1. The van der Waals surface area contributed by atoms with E-state index in [0.29, 0.717) is 31.3 Å². The number of nitrogens with one attached hydrogen (secondary N) is 1. The number of hydrogen-bond donors (Lipinski definition) is 1. The number of amides is 1. The van der Waals surface area contributed by atoms with E-state index in [4.69, 9.17) is 4.74 Å². The summed E-state index contributed by atoms with van der Waals surface area (Å²) in [5.41, 5.74) is 1.15. The van der Waals surface area contributed by atoms with E-state index in [-0.39, 0.29) is 17.5 Å². The smallest absolute Gasteiger partial charge is 0.271 e. The van der Waals surface area contributed by atoms with Crippen molar-refractivity contribution in [2.45, 2.75) is 51.7 Å². The van der Waals surface area contributed by atoms with Crippen LogP contribution in [0.15, 0.2) is 23.0 Å². The van der Waals surface area contributed by atoms with Crippen molar-refractivity contribution in [1.82, 2.24) is 29.8 Å². The molecule has 0 spiro atoms. The molecule has 1 unspecified atom stereocenters. The van der Waals surface area contributed by atoms with Crippen molar-refractivity contribution in [3.05, 3.63) is 39.9 Å². The fourth-order valence-electron chi connectivity index (χ4n) is 4.00. The molecule has 1 N–H and O–H groups in total. The molecule has 4 heterocycles. The lowest BCUT2D eigenvalue weighted by Crippen LogP contribution is -2.48. The van der Waals surface area contributed by atoms with Gasteiger partial charge < -0.3 is 10.1 Å². The number of carbonyl (C=O) groups excluding carboxylic acids is 1. The number of piperidine rings is 1. The largest absolute Gasteiger partial charge is 0.478 e. The fourth-order valence-corrected chi connectivity index (χ4v) is 4.00. The Morgan fingerprint density at radius 1 is 1.21 bits per heavy atom. The number of nitrogens with zero attached hydrogens (tertiary/aromatic N) is 5. The second-order valence-electron chi connectivity index (χ2n) is 7.72. The molecule has 1 saturated heterocycles. The van der Waals surface area contributed by atoms with E-state index in [2.05, 4.69) is 20.4 Å². The minimum absolute atomic E-state index is 0.0802. The van der Waals surface area contributed by atoms with Crippen LogP contribution in [0.2, 0.25) is 0 Å². The van der Waals surface area contributed by atoms with Gasteiger partial charge in [0.1, 0.15) is 0 Å². The highest BCUT2D eigenvalue weighted by molar-refractivity contribution is 5.92. The highest BCUT2D eigenvalue weighted by atomic mass is 16.5. The summed E-state index contributed by atoms with van der Waals surface area (Å²) in [4.78, 5) is 26.9. The van der Waals surface area contributed by atoms with E-state index in [9.17, 15) is 9.59 Å². The van der Waals surface area contributed by atoms with Gasteiger partial charge in [-0.15, -0.1) is 0 Å². The lowest BCUT2D eigenvalue weighted by molar-refractivity contribution is 0.0903. The molecule has 2 aromatic rings.